The van der Waals surface area contributed by atoms with Crippen molar-refractivity contribution < 1.29 is 24.6 Å². The number of aromatic hydroxyl groups is 1. The van der Waals surface area contributed by atoms with Crippen LogP contribution in [0, 0.1) is 0 Å². The molecular weight excluding hydrogens is 338 g/mol. The number of carbonyl (C=O) groups excluding carboxylic acids is 3. The molecule has 0 fully saturated rings. The van der Waals surface area contributed by atoms with Crippen LogP contribution in [0.1, 0.15) is 34.9 Å². The lowest BCUT2D eigenvalue weighted by Crippen LogP contribution is -2.53. The van der Waals surface area contributed by atoms with Gasteiger partial charge >= 0.3 is 0 Å². The maximum absolute atomic E-state index is 12.8. The molecule has 1 aliphatic heterocycles. The van der Waals surface area contributed by atoms with Gasteiger partial charge < -0.3 is 20.3 Å². The van der Waals surface area contributed by atoms with Crippen LogP contribution in [0.3, 0.4) is 0 Å². The summed E-state index contributed by atoms with van der Waals surface area (Å²) in [5.74, 6) is -2.32. The maximum Gasteiger partial charge on any atom is 0.276 e. The zero-order valence-corrected chi connectivity index (χ0v) is 13.6. The van der Waals surface area contributed by atoms with Crippen LogP contribution >= 0.6 is 0 Å². The average Bonchev–Trinajstić information content (AvgIpc) is 2.63. The second-order valence-corrected chi connectivity index (χ2v) is 5.77. The fraction of sp³-hybridized carbons (Fsp3) is 0.167. The minimum absolute atomic E-state index is 0.0702. The second-order valence-electron chi connectivity index (χ2n) is 5.77. The molecule has 3 N–H and O–H groups in total. The summed E-state index contributed by atoms with van der Waals surface area (Å²) in [6.45, 7) is 0. The molecule has 2 aromatic carbocycles. The van der Waals surface area contributed by atoms with Crippen molar-refractivity contribution in [3.05, 3.63) is 59.7 Å². The number of carboxylic acid groups (broad SMARTS) is 1. The van der Waals surface area contributed by atoms with Gasteiger partial charge in [0.05, 0.1) is 5.56 Å². The van der Waals surface area contributed by atoms with E-state index in [2.05, 4.69) is 10.7 Å². The van der Waals surface area contributed by atoms with Crippen molar-refractivity contribution in [2.24, 2.45) is 0 Å². The van der Waals surface area contributed by atoms with Gasteiger partial charge in [0.1, 0.15) is 11.9 Å². The second kappa shape index (κ2) is 7.14. The Kier molecular flexibility index (Phi) is 4.74. The minimum atomic E-state index is -1.34. The third-order valence-corrected chi connectivity index (χ3v) is 3.94. The predicted molar refractivity (Wildman–Crippen MR) is 89.5 cm³/mol. The number of carboxylic acids is 1. The fourth-order valence-corrected chi connectivity index (χ4v) is 2.66. The summed E-state index contributed by atoms with van der Waals surface area (Å²) < 4.78 is 0. The van der Waals surface area contributed by atoms with E-state index in [0.717, 1.165) is 5.01 Å². The maximum atomic E-state index is 12.8. The van der Waals surface area contributed by atoms with Gasteiger partial charge in [0.25, 0.3) is 5.91 Å². The first kappa shape index (κ1) is 17.3. The summed E-state index contributed by atoms with van der Waals surface area (Å²) in [4.78, 5) is 35.4. The molecule has 0 aromatic heterocycles. The van der Waals surface area contributed by atoms with E-state index < -0.39 is 30.4 Å². The molecule has 8 heteroatoms. The van der Waals surface area contributed by atoms with E-state index in [0.29, 0.717) is 16.8 Å². The van der Waals surface area contributed by atoms with Crippen molar-refractivity contribution in [1.29, 1.82) is 0 Å². The third-order valence-electron chi connectivity index (χ3n) is 3.94. The molecule has 0 saturated heterocycles. The monoisotopic (exact) mass is 354 g/mol. The summed E-state index contributed by atoms with van der Waals surface area (Å²) in [5, 5.41) is 24.3. The Morgan fingerprint density at radius 2 is 1.81 bits per heavy atom. The van der Waals surface area contributed by atoms with Crippen LogP contribution in [0.2, 0.25) is 0 Å². The smallest absolute Gasteiger partial charge is 0.276 e. The zero-order chi connectivity index (χ0) is 18.7. The van der Waals surface area contributed by atoms with Gasteiger partial charge in [-0.15, -0.1) is 0 Å². The van der Waals surface area contributed by atoms with Crippen LogP contribution in [-0.4, -0.2) is 27.9 Å². The highest BCUT2D eigenvalue weighted by Crippen LogP contribution is 2.32. The van der Waals surface area contributed by atoms with Crippen LogP contribution < -0.4 is 15.8 Å². The molecule has 0 saturated carbocycles. The molecule has 26 heavy (non-hydrogen) atoms. The molecule has 0 unspecified atom stereocenters. The summed E-state index contributed by atoms with van der Waals surface area (Å²) in [5.41, 5.74) is 4.07. The molecule has 1 atom stereocenters. The number of para-hydroxylation sites is 1. The van der Waals surface area contributed by atoms with E-state index in [4.69, 9.17) is 0 Å². The first-order valence-corrected chi connectivity index (χ1v) is 7.93. The van der Waals surface area contributed by atoms with Crippen LogP contribution in [0.25, 0.3) is 0 Å². The molecule has 0 aliphatic carbocycles. The van der Waals surface area contributed by atoms with E-state index in [1.165, 1.54) is 12.1 Å². The topological polar surface area (TPSA) is 122 Å². The number of nitrogens with one attached hydrogen (secondary N) is 2. The highest BCUT2D eigenvalue weighted by atomic mass is 16.4. The number of phenols is 1. The van der Waals surface area contributed by atoms with E-state index >= 15 is 0 Å². The number of hydrogen-bond acceptors (Lipinski definition) is 6. The van der Waals surface area contributed by atoms with Crippen LogP contribution in [0.5, 0.6) is 5.75 Å². The van der Waals surface area contributed by atoms with Crippen LogP contribution in [0.15, 0.2) is 48.5 Å². The van der Waals surface area contributed by atoms with Crippen molar-refractivity contribution in [2.45, 2.75) is 19.0 Å². The lowest BCUT2D eigenvalue weighted by molar-refractivity contribution is -0.305. The van der Waals surface area contributed by atoms with E-state index in [-0.39, 0.29) is 12.2 Å². The number of hydrogen-bond donors (Lipinski definition) is 3. The van der Waals surface area contributed by atoms with Gasteiger partial charge in [-0.2, -0.15) is 0 Å². The molecule has 0 radical (unpaired) electrons. The van der Waals surface area contributed by atoms with Crippen molar-refractivity contribution in [3.63, 3.8) is 0 Å². The Hall–Kier alpha value is -3.55. The van der Waals surface area contributed by atoms with Gasteiger partial charge in [-0.1, -0.05) is 24.3 Å². The molecular formula is C18H16N3O5-. The van der Waals surface area contributed by atoms with Gasteiger partial charge in [-0.05, 0) is 36.2 Å². The van der Waals surface area contributed by atoms with E-state index in [1.54, 1.807) is 36.4 Å². The van der Waals surface area contributed by atoms with Crippen molar-refractivity contribution in [3.8, 4) is 5.75 Å². The lowest BCUT2D eigenvalue weighted by atomic mass is 10.0. The van der Waals surface area contributed by atoms with Gasteiger partial charge in [0, 0.05) is 18.1 Å². The Bertz CT molecular complexity index is 850. The van der Waals surface area contributed by atoms with Crippen molar-refractivity contribution >= 4 is 23.5 Å². The number of amides is 2. The Labute approximate surface area is 149 Å². The molecule has 1 aliphatic rings. The molecule has 2 aromatic rings. The quantitative estimate of drug-likeness (QED) is 0.720. The highest BCUT2D eigenvalue weighted by Gasteiger charge is 2.34. The molecule has 0 bridgehead atoms. The average molecular weight is 354 g/mol. The Morgan fingerprint density at radius 3 is 2.50 bits per heavy atom. The van der Waals surface area contributed by atoms with Crippen LogP contribution in [-0.2, 0) is 9.59 Å². The van der Waals surface area contributed by atoms with Gasteiger partial charge in [0.15, 0.2) is 0 Å². The van der Waals surface area contributed by atoms with Gasteiger partial charge in [-0.3, -0.25) is 15.0 Å². The Morgan fingerprint density at radius 1 is 1.12 bits per heavy atom. The molecule has 8 nitrogen and oxygen atoms in total. The predicted octanol–water partition coefficient (Wildman–Crippen LogP) is 0.520. The zero-order valence-electron chi connectivity index (χ0n) is 13.6. The summed E-state index contributed by atoms with van der Waals surface area (Å²) in [6, 6.07) is 13.0. The molecule has 2 amide bonds. The lowest BCUT2D eigenvalue weighted by Gasteiger charge is -2.37. The SMILES string of the molecule is O=C([O-])CCC(=O)NN1C(=O)c2ccccc2N[C@@H]1c1ccc(O)cc1. The number of anilines is 1. The van der Waals surface area contributed by atoms with E-state index in [9.17, 15) is 24.6 Å². The molecule has 1 heterocycles. The number of benzene rings is 2. The first-order chi connectivity index (χ1) is 12.5. The standard InChI is InChI=1S/C18H17N3O5/c22-12-7-5-11(6-8-12)17-19-14-4-2-1-3-13(14)18(26)21(17)20-15(23)9-10-16(24)25/h1-8,17,19,22H,9-10H2,(H,20,23)(H,24,25)/p-1/t17-/m0/s1. The third kappa shape index (κ3) is 3.59. The number of fused-ring (bicyclic) bond motifs is 1. The largest absolute Gasteiger partial charge is 0.550 e. The summed E-state index contributed by atoms with van der Waals surface area (Å²) in [6.07, 6.45) is -1.47. The highest BCUT2D eigenvalue weighted by molar-refractivity contribution is 6.02. The number of aliphatic carboxylic acids is 1. The minimum Gasteiger partial charge on any atom is -0.550 e. The molecule has 0 spiro atoms. The summed E-state index contributed by atoms with van der Waals surface area (Å²) in [7, 11) is 0. The summed E-state index contributed by atoms with van der Waals surface area (Å²) >= 11 is 0. The van der Waals surface area contributed by atoms with Gasteiger partial charge in [-0.25, -0.2) is 5.01 Å². The fourth-order valence-electron chi connectivity index (χ4n) is 2.66. The number of phenolic OH excluding ortho intramolecular Hbond substituents is 1. The number of nitrogens with zero attached hydrogens (tertiary/aromatic N) is 1. The molecule has 134 valence electrons. The number of hydrazine groups is 1. The van der Waals surface area contributed by atoms with Crippen molar-refractivity contribution in [2.75, 3.05) is 5.32 Å². The number of carbonyl (C=O) groups is 3. The van der Waals surface area contributed by atoms with Gasteiger partial charge in [0.2, 0.25) is 5.91 Å². The normalized spacial score (nSPS) is 15.8. The van der Waals surface area contributed by atoms with E-state index in [1.807, 2.05) is 0 Å². The Balaban J connectivity index is 1.91. The number of rotatable bonds is 5. The molecule has 3 rings (SSSR count). The first-order valence-electron chi connectivity index (χ1n) is 7.93. The van der Waals surface area contributed by atoms with Crippen LogP contribution in [0.4, 0.5) is 5.69 Å². The van der Waals surface area contributed by atoms with Crippen molar-refractivity contribution in [1.82, 2.24) is 10.4 Å².